The molecule has 0 spiro atoms. The Bertz CT molecular complexity index is 771. The Labute approximate surface area is 158 Å². The molecule has 1 aliphatic rings. The summed E-state index contributed by atoms with van der Waals surface area (Å²) in [6.45, 7) is 4.73. The maximum Gasteiger partial charge on any atom is 0.315 e. The molecule has 2 N–H and O–H groups in total. The highest BCUT2D eigenvalue weighted by Gasteiger charge is 2.21. The summed E-state index contributed by atoms with van der Waals surface area (Å²) in [5, 5.41) is 5.90. The molecule has 6 heteroatoms. The van der Waals surface area contributed by atoms with Crippen molar-refractivity contribution in [3.05, 3.63) is 70.8 Å². The van der Waals surface area contributed by atoms with Crippen LogP contribution in [0.3, 0.4) is 0 Å². The summed E-state index contributed by atoms with van der Waals surface area (Å²) in [5.74, 6) is -1.63. The lowest BCUT2D eigenvalue weighted by molar-refractivity contribution is 0.186. The number of nitrogens with zero attached hydrogens (tertiary/aromatic N) is 1. The highest BCUT2D eigenvalue weighted by molar-refractivity contribution is 5.74. The van der Waals surface area contributed by atoms with Crippen molar-refractivity contribution in [1.82, 2.24) is 15.5 Å². The molecule has 1 fully saturated rings. The summed E-state index contributed by atoms with van der Waals surface area (Å²) in [4.78, 5) is 14.3. The summed E-state index contributed by atoms with van der Waals surface area (Å²) >= 11 is 0. The van der Waals surface area contributed by atoms with Gasteiger partial charge in [0.2, 0.25) is 0 Å². The van der Waals surface area contributed by atoms with Gasteiger partial charge in [0.15, 0.2) is 11.6 Å². The summed E-state index contributed by atoms with van der Waals surface area (Å²) in [6, 6.07) is 12.1. The number of piperidine rings is 1. The number of carbonyl (C=O) groups is 1. The molecule has 3 rings (SSSR count). The Morgan fingerprint density at radius 1 is 1.04 bits per heavy atom. The third-order valence-corrected chi connectivity index (χ3v) is 4.89. The number of carbonyl (C=O) groups excluding carboxylic acids is 1. The van der Waals surface area contributed by atoms with Crippen molar-refractivity contribution >= 4 is 6.03 Å². The van der Waals surface area contributed by atoms with Crippen LogP contribution in [0.5, 0.6) is 0 Å². The van der Waals surface area contributed by atoms with Crippen LogP contribution in [-0.4, -0.2) is 30.1 Å². The van der Waals surface area contributed by atoms with E-state index < -0.39 is 11.6 Å². The second-order valence-corrected chi connectivity index (χ2v) is 7.11. The molecule has 2 aromatic rings. The predicted octanol–water partition coefficient (Wildman–Crippen LogP) is 3.74. The molecule has 144 valence electrons. The summed E-state index contributed by atoms with van der Waals surface area (Å²) in [6.07, 6.45) is 1.67. The average molecular weight is 373 g/mol. The molecule has 1 saturated heterocycles. The maximum atomic E-state index is 13.3. The van der Waals surface area contributed by atoms with E-state index in [2.05, 4.69) is 15.5 Å². The van der Waals surface area contributed by atoms with E-state index in [9.17, 15) is 13.6 Å². The number of hydrogen-bond acceptors (Lipinski definition) is 2. The van der Waals surface area contributed by atoms with Gasteiger partial charge in [0.1, 0.15) is 0 Å². The number of nitrogens with one attached hydrogen (secondary N) is 2. The van der Waals surface area contributed by atoms with Gasteiger partial charge < -0.3 is 10.6 Å². The van der Waals surface area contributed by atoms with Crippen molar-refractivity contribution < 1.29 is 13.6 Å². The van der Waals surface area contributed by atoms with E-state index in [1.807, 2.05) is 31.2 Å². The van der Waals surface area contributed by atoms with Gasteiger partial charge in [0, 0.05) is 32.2 Å². The van der Waals surface area contributed by atoms with Crippen molar-refractivity contribution in [1.29, 1.82) is 0 Å². The minimum absolute atomic E-state index is 0.129. The zero-order valence-electron chi connectivity index (χ0n) is 15.5. The van der Waals surface area contributed by atoms with Crippen LogP contribution >= 0.6 is 0 Å². The summed E-state index contributed by atoms with van der Waals surface area (Å²) < 4.78 is 26.3. The van der Waals surface area contributed by atoms with Gasteiger partial charge in [-0.15, -0.1) is 0 Å². The first-order valence-corrected chi connectivity index (χ1v) is 9.26. The Balaban J connectivity index is 1.39. The lowest BCUT2D eigenvalue weighted by atomic mass is 10.0. The standard InChI is InChI=1S/C21H25F2N3O/c1-15-2-4-16(5-3-15)13-24-21(27)25-18-8-10-26(11-9-18)14-17-6-7-19(22)20(23)12-17/h2-7,12,18H,8-11,13-14H2,1H3,(H2,24,25,27). The van der Waals surface area contributed by atoms with E-state index in [0.29, 0.717) is 13.1 Å². The molecule has 1 aliphatic heterocycles. The van der Waals surface area contributed by atoms with Crippen LogP contribution in [0.25, 0.3) is 0 Å². The Morgan fingerprint density at radius 3 is 2.37 bits per heavy atom. The molecule has 0 bridgehead atoms. The molecule has 1 heterocycles. The molecule has 4 nitrogen and oxygen atoms in total. The minimum Gasteiger partial charge on any atom is -0.335 e. The monoisotopic (exact) mass is 373 g/mol. The van der Waals surface area contributed by atoms with Crippen molar-refractivity contribution in [2.75, 3.05) is 13.1 Å². The van der Waals surface area contributed by atoms with E-state index in [1.165, 1.54) is 11.6 Å². The fourth-order valence-corrected chi connectivity index (χ4v) is 3.26. The van der Waals surface area contributed by atoms with Gasteiger partial charge in [-0.25, -0.2) is 13.6 Å². The third-order valence-electron chi connectivity index (χ3n) is 4.89. The third kappa shape index (κ3) is 5.76. The van der Waals surface area contributed by atoms with Crippen LogP contribution in [0.4, 0.5) is 13.6 Å². The van der Waals surface area contributed by atoms with Crippen LogP contribution in [-0.2, 0) is 13.1 Å². The van der Waals surface area contributed by atoms with Gasteiger partial charge in [-0.3, -0.25) is 4.90 Å². The topological polar surface area (TPSA) is 44.4 Å². The normalized spacial score (nSPS) is 15.5. The van der Waals surface area contributed by atoms with Crippen LogP contribution in [0.1, 0.15) is 29.5 Å². The molecule has 2 amide bonds. The zero-order chi connectivity index (χ0) is 19.2. The first-order valence-electron chi connectivity index (χ1n) is 9.26. The lowest BCUT2D eigenvalue weighted by Crippen LogP contribution is -2.47. The quantitative estimate of drug-likeness (QED) is 0.839. The highest BCUT2D eigenvalue weighted by Crippen LogP contribution is 2.16. The molecular formula is C21H25F2N3O. The van der Waals surface area contributed by atoms with Gasteiger partial charge in [-0.1, -0.05) is 35.9 Å². The maximum absolute atomic E-state index is 13.3. The van der Waals surface area contributed by atoms with E-state index in [4.69, 9.17) is 0 Å². The van der Waals surface area contributed by atoms with Crippen molar-refractivity contribution in [3.8, 4) is 0 Å². The van der Waals surface area contributed by atoms with E-state index in [1.54, 1.807) is 6.07 Å². The second kappa shape index (κ2) is 8.95. The fourth-order valence-electron chi connectivity index (χ4n) is 3.26. The van der Waals surface area contributed by atoms with Crippen LogP contribution in [0, 0.1) is 18.6 Å². The van der Waals surface area contributed by atoms with Gasteiger partial charge >= 0.3 is 6.03 Å². The number of benzene rings is 2. The smallest absolute Gasteiger partial charge is 0.315 e. The number of urea groups is 1. The lowest BCUT2D eigenvalue weighted by Gasteiger charge is -2.32. The minimum atomic E-state index is -0.821. The Morgan fingerprint density at radius 2 is 1.70 bits per heavy atom. The number of hydrogen-bond donors (Lipinski definition) is 2. The molecule has 0 aromatic heterocycles. The first-order chi connectivity index (χ1) is 13.0. The molecule has 0 atom stereocenters. The van der Waals surface area contributed by atoms with Gasteiger partial charge in [-0.2, -0.15) is 0 Å². The van der Waals surface area contributed by atoms with Crippen LogP contribution < -0.4 is 10.6 Å². The Hall–Kier alpha value is -2.47. The molecule has 0 aliphatic carbocycles. The molecule has 27 heavy (non-hydrogen) atoms. The van der Waals surface area contributed by atoms with Crippen LogP contribution in [0.2, 0.25) is 0 Å². The molecule has 0 saturated carbocycles. The number of likely N-dealkylation sites (tertiary alicyclic amines) is 1. The summed E-state index contributed by atoms with van der Waals surface area (Å²) in [5.41, 5.74) is 3.02. The predicted molar refractivity (Wildman–Crippen MR) is 101 cm³/mol. The number of halogens is 2. The molecule has 0 unspecified atom stereocenters. The largest absolute Gasteiger partial charge is 0.335 e. The second-order valence-electron chi connectivity index (χ2n) is 7.11. The Kier molecular flexibility index (Phi) is 6.40. The number of rotatable bonds is 5. The molecule has 0 radical (unpaired) electrons. The van der Waals surface area contributed by atoms with E-state index in [0.717, 1.165) is 43.1 Å². The van der Waals surface area contributed by atoms with Crippen LogP contribution in [0.15, 0.2) is 42.5 Å². The van der Waals surface area contributed by atoms with Gasteiger partial charge in [0.05, 0.1) is 0 Å². The van der Waals surface area contributed by atoms with Gasteiger partial charge in [0.25, 0.3) is 0 Å². The van der Waals surface area contributed by atoms with E-state index in [-0.39, 0.29) is 12.1 Å². The SMILES string of the molecule is Cc1ccc(CNC(=O)NC2CCN(Cc3ccc(F)c(F)c3)CC2)cc1. The number of amides is 2. The fraction of sp³-hybridized carbons (Fsp3) is 0.381. The first kappa shape index (κ1) is 19.3. The zero-order valence-corrected chi connectivity index (χ0v) is 15.5. The van der Waals surface area contributed by atoms with Crippen molar-refractivity contribution in [2.24, 2.45) is 0 Å². The van der Waals surface area contributed by atoms with Gasteiger partial charge in [-0.05, 0) is 43.0 Å². The van der Waals surface area contributed by atoms with Crippen molar-refractivity contribution in [2.45, 2.75) is 38.9 Å². The average Bonchev–Trinajstić information content (AvgIpc) is 2.66. The molecule has 2 aromatic carbocycles. The molecular weight excluding hydrogens is 348 g/mol. The number of aryl methyl sites for hydroxylation is 1. The summed E-state index contributed by atoms with van der Waals surface area (Å²) in [7, 11) is 0. The van der Waals surface area contributed by atoms with Crippen molar-refractivity contribution in [3.63, 3.8) is 0 Å². The highest BCUT2D eigenvalue weighted by atomic mass is 19.2. The van der Waals surface area contributed by atoms with E-state index >= 15 is 0 Å².